The molecule has 0 radical (unpaired) electrons. The van der Waals surface area contributed by atoms with Crippen LogP contribution in [0.25, 0.3) is 0 Å². The molecule has 2 heterocycles. The maximum Gasteiger partial charge on any atom is 0.156 e. The molecule has 0 atom stereocenters. The first-order chi connectivity index (χ1) is 8.67. The molecule has 2 N–H and O–H groups in total. The smallest absolute Gasteiger partial charge is 0.156 e. The number of nitrogens with one attached hydrogen (secondary N) is 2. The van der Waals surface area contributed by atoms with Crippen molar-refractivity contribution < 1.29 is 4.52 Å². The highest BCUT2D eigenvalue weighted by molar-refractivity contribution is 5.47. The van der Waals surface area contributed by atoms with Gasteiger partial charge in [0.25, 0.3) is 0 Å². The van der Waals surface area contributed by atoms with Crippen molar-refractivity contribution in [2.45, 2.75) is 27.3 Å². The summed E-state index contributed by atoms with van der Waals surface area (Å²) in [6.07, 6.45) is 0. The van der Waals surface area contributed by atoms with E-state index in [2.05, 4.69) is 25.8 Å². The Labute approximate surface area is 106 Å². The van der Waals surface area contributed by atoms with Gasteiger partial charge in [-0.15, -0.1) is 0 Å². The summed E-state index contributed by atoms with van der Waals surface area (Å²) >= 11 is 0. The minimum atomic E-state index is 0.558. The van der Waals surface area contributed by atoms with Crippen LogP contribution in [-0.2, 0) is 6.54 Å². The molecule has 0 aliphatic carbocycles. The summed E-state index contributed by atoms with van der Waals surface area (Å²) in [5.41, 5.74) is 0.874. The first kappa shape index (κ1) is 12.3. The molecule has 0 aliphatic rings. The van der Waals surface area contributed by atoms with E-state index in [9.17, 15) is 0 Å². The van der Waals surface area contributed by atoms with Crippen molar-refractivity contribution in [1.82, 2.24) is 15.1 Å². The summed E-state index contributed by atoms with van der Waals surface area (Å²) in [5, 5.41) is 10.2. The van der Waals surface area contributed by atoms with Gasteiger partial charge in [-0.3, -0.25) is 0 Å². The van der Waals surface area contributed by atoms with Gasteiger partial charge in [0.05, 0.1) is 12.2 Å². The maximum atomic E-state index is 5.12. The number of hydrogen-bond donors (Lipinski definition) is 2. The number of aromatic nitrogens is 3. The Balaban J connectivity index is 2.04. The van der Waals surface area contributed by atoms with Gasteiger partial charge in [0.2, 0.25) is 0 Å². The van der Waals surface area contributed by atoms with Crippen LogP contribution in [0.3, 0.4) is 0 Å². The summed E-state index contributed by atoms with van der Waals surface area (Å²) in [4.78, 5) is 8.60. The Morgan fingerprint density at radius 3 is 2.44 bits per heavy atom. The van der Waals surface area contributed by atoms with Crippen molar-refractivity contribution >= 4 is 11.6 Å². The molecule has 2 aromatic heterocycles. The monoisotopic (exact) mass is 247 g/mol. The summed E-state index contributed by atoms with van der Waals surface area (Å²) in [6, 6.07) is 3.77. The van der Waals surface area contributed by atoms with Crippen LogP contribution in [0.2, 0.25) is 0 Å². The molecule has 0 fully saturated rings. The molecule has 0 aliphatic heterocycles. The van der Waals surface area contributed by atoms with Gasteiger partial charge in [-0.1, -0.05) is 5.16 Å². The SMILES string of the molecule is CCNc1cc(NCc2cc(C)no2)nc(C)n1. The number of aryl methyl sites for hydroxylation is 2. The van der Waals surface area contributed by atoms with E-state index in [1.54, 1.807) is 0 Å². The molecular weight excluding hydrogens is 230 g/mol. The lowest BCUT2D eigenvalue weighted by atomic mass is 10.4. The molecule has 0 spiro atoms. The van der Waals surface area contributed by atoms with E-state index in [0.29, 0.717) is 6.54 Å². The number of hydrogen-bond acceptors (Lipinski definition) is 6. The fourth-order valence-electron chi connectivity index (χ4n) is 1.61. The van der Waals surface area contributed by atoms with Gasteiger partial charge in [-0.05, 0) is 20.8 Å². The van der Waals surface area contributed by atoms with Crippen molar-refractivity contribution in [3.63, 3.8) is 0 Å². The van der Waals surface area contributed by atoms with Crippen LogP contribution < -0.4 is 10.6 Å². The lowest BCUT2D eigenvalue weighted by molar-refractivity contribution is 0.384. The highest BCUT2D eigenvalue weighted by Crippen LogP contribution is 2.12. The van der Waals surface area contributed by atoms with Gasteiger partial charge >= 0.3 is 0 Å². The Morgan fingerprint density at radius 1 is 1.11 bits per heavy atom. The fraction of sp³-hybridized carbons (Fsp3) is 0.417. The average molecular weight is 247 g/mol. The van der Waals surface area contributed by atoms with Crippen LogP contribution >= 0.6 is 0 Å². The van der Waals surface area contributed by atoms with Crippen LogP contribution in [0.15, 0.2) is 16.7 Å². The molecule has 0 saturated carbocycles. The zero-order chi connectivity index (χ0) is 13.0. The maximum absolute atomic E-state index is 5.12. The zero-order valence-electron chi connectivity index (χ0n) is 10.8. The van der Waals surface area contributed by atoms with E-state index in [0.717, 1.165) is 35.5 Å². The Bertz CT molecular complexity index is 523. The molecule has 2 rings (SSSR count). The standard InChI is InChI=1S/C12H17N5O/c1-4-13-11-6-12(16-9(3)15-11)14-7-10-5-8(2)17-18-10/h5-6H,4,7H2,1-3H3,(H2,13,14,15,16). The molecule has 0 aromatic carbocycles. The molecule has 6 nitrogen and oxygen atoms in total. The van der Waals surface area contributed by atoms with E-state index in [1.807, 2.05) is 32.9 Å². The highest BCUT2D eigenvalue weighted by atomic mass is 16.5. The summed E-state index contributed by atoms with van der Waals surface area (Å²) in [5.74, 6) is 3.10. The first-order valence-corrected chi connectivity index (χ1v) is 5.93. The summed E-state index contributed by atoms with van der Waals surface area (Å²) < 4.78 is 5.12. The van der Waals surface area contributed by atoms with Crippen LogP contribution in [0.4, 0.5) is 11.6 Å². The van der Waals surface area contributed by atoms with E-state index < -0.39 is 0 Å². The van der Waals surface area contributed by atoms with Crippen molar-refractivity contribution in [3.05, 3.63) is 29.4 Å². The minimum absolute atomic E-state index is 0.558. The minimum Gasteiger partial charge on any atom is -0.370 e. The lowest BCUT2D eigenvalue weighted by Gasteiger charge is -2.07. The zero-order valence-corrected chi connectivity index (χ0v) is 10.8. The second-order valence-electron chi connectivity index (χ2n) is 4.00. The van der Waals surface area contributed by atoms with Gasteiger partial charge in [0.1, 0.15) is 17.5 Å². The second-order valence-corrected chi connectivity index (χ2v) is 4.00. The van der Waals surface area contributed by atoms with Gasteiger partial charge in [-0.2, -0.15) is 0 Å². The van der Waals surface area contributed by atoms with E-state index in [1.165, 1.54) is 0 Å². The third-order valence-electron chi connectivity index (χ3n) is 2.32. The van der Waals surface area contributed by atoms with Crippen molar-refractivity contribution in [1.29, 1.82) is 0 Å². The molecule has 18 heavy (non-hydrogen) atoms. The second kappa shape index (κ2) is 5.48. The Morgan fingerprint density at radius 2 is 1.83 bits per heavy atom. The largest absolute Gasteiger partial charge is 0.370 e. The lowest BCUT2D eigenvalue weighted by Crippen LogP contribution is -2.06. The van der Waals surface area contributed by atoms with Crippen LogP contribution in [-0.4, -0.2) is 21.7 Å². The predicted octanol–water partition coefficient (Wildman–Crippen LogP) is 2.13. The molecule has 2 aromatic rings. The normalized spacial score (nSPS) is 10.4. The van der Waals surface area contributed by atoms with E-state index in [4.69, 9.17) is 4.52 Å². The van der Waals surface area contributed by atoms with Crippen LogP contribution in [0.1, 0.15) is 24.2 Å². The molecular formula is C12H17N5O. The molecule has 96 valence electrons. The summed E-state index contributed by atoms with van der Waals surface area (Å²) in [6.45, 7) is 7.18. The van der Waals surface area contributed by atoms with Gasteiger partial charge in [-0.25, -0.2) is 9.97 Å². The third-order valence-corrected chi connectivity index (χ3v) is 2.32. The highest BCUT2D eigenvalue weighted by Gasteiger charge is 2.03. The number of anilines is 2. The molecule has 0 saturated heterocycles. The summed E-state index contributed by atoms with van der Waals surface area (Å²) in [7, 11) is 0. The van der Waals surface area contributed by atoms with Gasteiger partial charge in [0, 0.05) is 18.7 Å². The van der Waals surface area contributed by atoms with Crippen LogP contribution in [0, 0.1) is 13.8 Å². The Kier molecular flexibility index (Phi) is 3.76. The van der Waals surface area contributed by atoms with Gasteiger partial charge < -0.3 is 15.2 Å². The van der Waals surface area contributed by atoms with E-state index >= 15 is 0 Å². The molecule has 0 bridgehead atoms. The molecule has 0 unspecified atom stereocenters. The number of rotatable bonds is 5. The van der Waals surface area contributed by atoms with Gasteiger partial charge in [0.15, 0.2) is 5.76 Å². The molecule has 0 amide bonds. The van der Waals surface area contributed by atoms with Crippen molar-refractivity contribution in [3.8, 4) is 0 Å². The third kappa shape index (κ3) is 3.19. The first-order valence-electron chi connectivity index (χ1n) is 5.93. The Hall–Kier alpha value is -2.11. The fourth-order valence-corrected chi connectivity index (χ4v) is 1.61. The predicted molar refractivity (Wildman–Crippen MR) is 69.5 cm³/mol. The van der Waals surface area contributed by atoms with Crippen molar-refractivity contribution in [2.24, 2.45) is 0 Å². The van der Waals surface area contributed by atoms with E-state index in [-0.39, 0.29) is 0 Å². The molecule has 6 heteroatoms. The topological polar surface area (TPSA) is 75.9 Å². The number of nitrogens with zero attached hydrogens (tertiary/aromatic N) is 3. The quantitative estimate of drug-likeness (QED) is 0.843. The van der Waals surface area contributed by atoms with Crippen molar-refractivity contribution in [2.75, 3.05) is 17.2 Å². The van der Waals surface area contributed by atoms with Crippen LogP contribution in [0.5, 0.6) is 0 Å². The average Bonchev–Trinajstić information content (AvgIpc) is 2.72.